The van der Waals surface area contributed by atoms with Gasteiger partial charge in [0, 0.05) is 6.54 Å². The second-order valence-electron chi connectivity index (χ2n) is 6.91. The lowest BCUT2D eigenvalue weighted by molar-refractivity contribution is 0.140. The van der Waals surface area contributed by atoms with Crippen LogP contribution in [0.3, 0.4) is 0 Å². The highest BCUT2D eigenvalue weighted by Crippen LogP contribution is 2.29. The minimum Gasteiger partial charge on any atom is -0.445 e. The molecule has 0 radical (unpaired) electrons. The third-order valence-electron chi connectivity index (χ3n) is 4.89. The smallest absolute Gasteiger partial charge is 0.407 e. The van der Waals surface area contributed by atoms with E-state index in [0.717, 1.165) is 12.0 Å². The normalized spacial score (nSPS) is 11.2. The van der Waals surface area contributed by atoms with Gasteiger partial charge in [0.2, 0.25) is 0 Å². The van der Waals surface area contributed by atoms with E-state index in [1.54, 1.807) is 0 Å². The predicted octanol–water partition coefficient (Wildman–Crippen LogP) is 6.32. The highest BCUT2D eigenvalue weighted by molar-refractivity contribution is 6.06. The molecule has 0 heterocycles. The molecule has 4 rings (SSSR count). The lowest BCUT2D eigenvalue weighted by Gasteiger charge is -2.08. The fourth-order valence-electron chi connectivity index (χ4n) is 3.46. The Hall–Kier alpha value is -3.59. The molecule has 4 aromatic carbocycles. The van der Waals surface area contributed by atoms with Gasteiger partial charge in [-0.25, -0.2) is 4.79 Å². The highest BCUT2D eigenvalue weighted by atomic mass is 16.5. The van der Waals surface area contributed by atoms with Crippen LogP contribution in [0.1, 0.15) is 17.5 Å². The zero-order valence-electron chi connectivity index (χ0n) is 16.2. The van der Waals surface area contributed by atoms with Crippen LogP contribution in [0.15, 0.2) is 91.0 Å². The molecule has 29 heavy (non-hydrogen) atoms. The summed E-state index contributed by atoms with van der Waals surface area (Å²) < 4.78 is 5.23. The Labute approximate surface area is 170 Å². The molecule has 0 spiro atoms. The number of carbonyl (C=O) groups is 1. The third-order valence-corrected chi connectivity index (χ3v) is 4.89. The average molecular weight is 381 g/mol. The first kappa shape index (κ1) is 18.8. The summed E-state index contributed by atoms with van der Waals surface area (Å²) in [5.41, 5.74) is 2.19. The van der Waals surface area contributed by atoms with Crippen LogP contribution in [0.2, 0.25) is 0 Å². The Morgan fingerprint density at radius 3 is 2.14 bits per heavy atom. The van der Waals surface area contributed by atoms with E-state index in [9.17, 15) is 4.79 Å². The number of rotatable bonds is 6. The molecular formula is C26H23NO2. The average Bonchev–Trinajstić information content (AvgIpc) is 2.77. The lowest BCUT2D eigenvalue weighted by Crippen LogP contribution is -2.24. The van der Waals surface area contributed by atoms with E-state index in [4.69, 9.17) is 4.74 Å². The maximum Gasteiger partial charge on any atom is 0.407 e. The van der Waals surface area contributed by atoms with Gasteiger partial charge in [-0.2, -0.15) is 0 Å². The van der Waals surface area contributed by atoms with Gasteiger partial charge >= 0.3 is 6.09 Å². The van der Waals surface area contributed by atoms with Gasteiger partial charge in [-0.05, 0) is 45.2 Å². The van der Waals surface area contributed by atoms with Crippen molar-refractivity contribution in [1.82, 2.24) is 5.32 Å². The van der Waals surface area contributed by atoms with Crippen molar-refractivity contribution in [3.8, 4) is 0 Å². The summed E-state index contributed by atoms with van der Waals surface area (Å²) in [6, 6.07) is 28.8. The van der Waals surface area contributed by atoms with E-state index in [2.05, 4.69) is 72.1 Å². The first-order valence-corrected chi connectivity index (χ1v) is 9.83. The van der Waals surface area contributed by atoms with Crippen molar-refractivity contribution in [2.45, 2.75) is 13.0 Å². The highest BCUT2D eigenvalue weighted by Gasteiger charge is 2.05. The van der Waals surface area contributed by atoms with Gasteiger partial charge in [0.05, 0.1) is 0 Å². The van der Waals surface area contributed by atoms with Crippen LogP contribution < -0.4 is 5.32 Å². The molecule has 4 aromatic rings. The molecule has 3 nitrogen and oxygen atoms in total. The van der Waals surface area contributed by atoms with E-state index in [1.807, 2.05) is 30.3 Å². The summed E-state index contributed by atoms with van der Waals surface area (Å²) in [5.74, 6) is 0. The van der Waals surface area contributed by atoms with E-state index < -0.39 is 6.09 Å². The second kappa shape index (κ2) is 9.07. The predicted molar refractivity (Wildman–Crippen MR) is 120 cm³/mol. The van der Waals surface area contributed by atoms with Crippen LogP contribution >= 0.6 is 0 Å². The zero-order chi connectivity index (χ0) is 19.9. The number of carbonyl (C=O) groups excluding carboxylic acids is 1. The molecule has 0 aliphatic rings. The monoisotopic (exact) mass is 381 g/mol. The second-order valence-corrected chi connectivity index (χ2v) is 6.91. The Kier molecular flexibility index (Phi) is 5.87. The molecule has 0 saturated carbocycles. The van der Waals surface area contributed by atoms with Crippen molar-refractivity contribution in [2.24, 2.45) is 0 Å². The number of amides is 1. The summed E-state index contributed by atoms with van der Waals surface area (Å²) in [6.07, 6.45) is 4.60. The first-order valence-electron chi connectivity index (χ1n) is 9.83. The number of fused-ring (bicyclic) bond motifs is 2. The van der Waals surface area contributed by atoms with Crippen LogP contribution in [-0.2, 0) is 11.3 Å². The minimum absolute atomic E-state index is 0.282. The molecule has 0 fully saturated rings. The number of hydrogen-bond donors (Lipinski definition) is 1. The molecule has 1 amide bonds. The quantitative estimate of drug-likeness (QED) is 0.313. The maximum atomic E-state index is 11.8. The van der Waals surface area contributed by atoms with Crippen molar-refractivity contribution in [1.29, 1.82) is 0 Å². The standard InChI is InChI=1S/C26H23NO2/c28-26(29-19-20-10-2-1-3-11-20)27-17-9-8-16-25-23-14-6-4-12-21(23)18-22-13-5-7-15-24(22)25/h1-8,10-16,18H,9,17,19H2,(H,27,28). The molecule has 0 bridgehead atoms. The first-order chi connectivity index (χ1) is 14.3. The summed E-state index contributed by atoms with van der Waals surface area (Å²) >= 11 is 0. The van der Waals surface area contributed by atoms with Crippen molar-refractivity contribution in [3.05, 3.63) is 102 Å². The molecule has 0 saturated heterocycles. The summed E-state index contributed by atoms with van der Waals surface area (Å²) in [5, 5.41) is 7.73. The zero-order valence-corrected chi connectivity index (χ0v) is 16.2. The van der Waals surface area contributed by atoms with Crippen LogP contribution in [0.25, 0.3) is 27.6 Å². The van der Waals surface area contributed by atoms with Crippen molar-refractivity contribution < 1.29 is 9.53 Å². The maximum absolute atomic E-state index is 11.8. The molecule has 0 aliphatic heterocycles. The van der Waals surface area contributed by atoms with Crippen molar-refractivity contribution in [2.75, 3.05) is 6.54 Å². The molecule has 1 N–H and O–H groups in total. The van der Waals surface area contributed by atoms with Crippen LogP contribution in [-0.4, -0.2) is 12.6 Å². The van der Waals surface area contributed by atoms with E-state index >= 15 is 0 Å². The molecule has 0 atom stereocenters. The van der Waals surface area contributed by atoms with E-state index in [1.165, 1.54) is 27.1 Å². The number of ether oxygens (including phenoxy) is 1. The molecule has 3 heteroatoms. The van der Waals surface area contributed by atoms with Crippen LogP contribution in [0.5, 0.6) is 0 Å². The number of benzene rings is 4. The fourth-order valence-corrected chi connectivity index (χ4v) is 3.46. The van der Waals surface area contributed by atoms with Gasteiger partial charge in [0.15, 0.2) is 0 Å². The molecule has 144 valence electrons. The van der Waals surface area contributed by atoms with Gasteiger partial charge in [0.1, 0.15) is 6.61 Å². The van der Waals surface area contributed by atoms with Crippen LogP contribution in [0, 0.1) is 0 Å². The Morgan fingerprint density at radius 2 is 1.45 bits per heavy atom. The number of hydrogen-bond acceptors (Lipinski definition) is 2. The lowest BCUT2D eigenvalue weighted by atomic mass is 9.96. The minimum atomic E-state index is -0.391. The SMILES string of the molecule is O=C(NCCC=Cc1c2ccccc2cc2ccccc12)OCc1ccccc1. The Morgan fingerprint density at radius 1 is 0.828 bits per heavy atom. The van der Waals surface area contributed by atoms with Gasteiger partial charge in [-0.1, -0.05) is 91.0 Å². The largest absolute Gasteiger partial charge is 0.445 e. The van der Waals surface area contributed by atoms with Crippen LogP contribution in [0.4, 0.5) is 4.79 Å². The van der Waals surface area contributed by atoms with Crippen molar-refractivity contribution >= 4 is 33.7 Å². The molecular weight excluding hydrogens is 358 g/mol. The fraction of sp³-hybridized carbons (Fsp3) is 0.115. The number of nitrogens with one attached hydrogen (secondary N) is 1. The van der Waals surface area contributed by atoms with Gasteiger partial charge in [-0.15, -0.1) is 0 Å². The van der Waals surface area contributed by atoms with Crippen molar-refractivity contribution in [3.63, 3.8) is 0 Å². The molecule has 0 aliphatic carbocycles. The number of alkyl carbamates (subject to hydrolysis) is 1. The molecule has 0 unspecified atom stereocenters. The summed E-state index contributed by atoms with van der Waals surface area (Å²) in [6.45, 7) is 0.817. The Bertz CT molecular complexity index is 1100. The summed E-state index contributed by atoms with van der Waals surface area (Å²) in [7, 11) is 0. The van der Waals surface area contributed by atoms with Gasteiger partial charge in [0.25, 0.3) is 0 Å². The van der Waals surface area contributed by atoms with Gasteiger partial charge < -0.3 is 10.1 Å². The van der Waals surface area contributed by atoms with E-state index in [-0.39, 0.29) is 6.61 Å². The Balaban J connectivity index is 1.38. The summed E-state index contributed by atoms with van der Waals surface area (Å²) in [4.78, 5) is 11.8. The third kappa shape index (κ3) is 4.64. The van der Waals surface area contributed by atoms with Gasteiger partial charge in [-0.3, -0.25) is 0 Å². The topological polar surface area (TPSA) is 38.3 Å². The molecule has 0 aromatic heterocycles. The van der Waals surface area contributed by atoms with E-state index in [0.29, 0.717) is 6.54 Å².